The Balaban J connectivity index is 1.89. The molecule has 9 heteroatoms. The minimum Gasteiger partial charge on any atom is -0.389 e. The summed E-state index contributed by atoms with van der Waals surface area (Å²) in [7, 11) is -3.65. The molecule has 0 aliphatic carbocycles. The predicted octanol–water partition coefficient (Wildman–Crippen LogP) is 2.73. The van der Waals surface area contributed by atoms with Gasteiger partial charge in [-0.25, -0.2) is 22.8 Å². The molecule has 0 spiro atoms. The van der Waals surface area contributed by atoms with Crippen LogP contribution in [0.15, 0.2) is 29.3 Å². The number of aliphatic hydroxyl groups is 1. The Bertz CT molecular complexity index is 1030. The van der Waals surface area contributed by atoms with E-state index in [0.717, 1.165) is 11.9 Å². The molecular weight excluding hydrogens is 407 g/mol. The van der Waals surface area contributed by atoms with E-state index in [1.54, 1.807) is 19.2 Å². The second-order valence-electron chi connectivity index (χ2n) is 8.22. The fourth-order valence-electron chi connectivity index (χ4n) is 3.85. The molecular formula is C21H29FN4O3S. The molecule has 1 N–H and O–H groups in total. The lowest BCUT2D eigenvalue weighted by Gasteiger charge is -2.44. The average Bonchev–Trinajstić information content (AvgIpc) is 2.66. The minimum atomic E-state index is -3.65. The molecule has 0 amide bonds. The average molecular weight is 437 g/mol. The van der Waals surface area contributed by atoms with Crippen molar-refractivity contribution in [1.29, 1.82) is 0 Å². The van der Waals surface area contributed by atoms with Crippen LogP contribution in [0.3, 0.4) is 0 Å². The predicted molar refractivity (Wildman–Crippen MR) is 115 cm³/mol. The van der Waals surface area contributed by atoms with Crippen molar-refractivity contribution in [3.8, 4) is 0 Å². The first-order chi connectivity index (χ1) is 14.0. The summed E-state index contributed by atoms with van der Waals surface area (Å²) in [5.74, 6) is 0.163. The van der Waals surface area contributed by atoms with Crippen molar-refractivity contribution >= 4 is 21.5 Å². The van der Waals surface area contributed by atoms with E-state index in [2.05, 4.69) is 33.6 Å². The van der Waals surface area contributed by atoms with Gasteiger partial charge in [-0.15, -0.1) is 0 Å². The maximum atomic E-state index is 14.0. The second kappa shape index (κ2) is 8.47. The van der Waals surface area contributed by atoms with Crippen LogP contribution >= 0.6 is 0 Å². The molecule has 164 valence electrons. The smallest absolute Gasteiger partial charge is 0.225 e. The maximum Gasteiger partial charge on any atom is 0.225 e. The fourth-order valence-corrected chi connectivity index (χ4v) is 4.61. The highest BCUT2D eigenvalue weighted by Gasteiger charge is 2.32. The third kappa shape index (κ3) is 4.57. The third-order valence-electron chi connectivity index (χ3n) is 5.58. The number of hydrogen-bond donors (Lipinski definition) is 1. The van der Waals surface area contributed by atoms with Gasteiger partial charge in [0, 0.05) is 49.0 Å². The Morgan fingerprint density at radius 3 is 2.50 bits per heavy atom. The number of aryl methyl sites for hydroxylation is 1. The highest BCUT2D eigenvalue weighted by atomic mass is 32.2. The summed E-state index contributed by atoms with van der Waals surface area (Å²) >= 11 is 0. The molecule has 1 aromatic carbocycles. The third-order valence-corrected chi connectivity index (χ3v) is 6.69. The van der Waals surface area contributed by atoms with E-state index in [9.17, 15) is 17.9 Å². The first-order valence-corrected chi connectivity index (χ1v) is 11.9. The summed E-state index contributed by atoms with van der Waals surface area (Å²) < 4.78 is 37.8. The fraction of sp³-hybridized carbons (Fsp3) is 0.524. The molecule has 3 rings (SSSR count). The van der Waals surface area contributed by atoms with Crippen molar-refractivity contribution in [3.63, 3.8) is 0 Å². The van der Waals surface area contributed by atoms with Crippen molar-refractivity contribution in [2.75, 3.05) is 35.7 Å². The molecule has 0 bridgehead atoms. The van der Waals surface area contributed by atoms with Crippen LogP contribution < -0.4 is 9.80 Å². The molecule has 1 unspecified atom stereocenters. The van der Waals surface area contributed by atoms with Crippen molar-refractivity contribution in [2.24, 2.45) is 5.92 Å². The van der Waals surface area contributed by atoms with Crippen LogP contribution in [-0.2, 0) is 9.84 Å². The summed E-state index contributed by atoms with van der Waals surface area (Å²) in [5, 5.41) is 9.84. The van der Waals surface area contributed by atoms with Gasteiger partial charge >= 0.3 is 0 Å². The number of anilines is 2. The molecule has 0 saturated carbocycles. The Kier molecular flexibility index (Phi) is 6.33. The van der Waals surface area contributed by atoms with E-state index in [1.165, 1.54) is 12.1 Å². The lowest BCUT2D eigenvalue weighted by molar-refractivity contribution is 0.197. The molecule has 1 aliphatic rings. The molecule has 0 radical (unpaired) electrons. The molecule has 2 atom stereocenters. The number of hydrogen-bond acceptors (Lipinski definition) is 7. The first kappa shape index (κ1) is 22.4. The van der Waals surface area contributed by atoms with Gasteiger partial charge in [-0.2, -0.15) is 0 Å². The number of aromatic nitrogens is 2. The normalized spacial score (nSPS) is 18.7. The van der Waals surface area contributed by atoms with Gasteiger partial charge in [0.2, 0.25) is 5.95 Å². The lowest BCUT2D eigenvalue weighted by Crippen LogP contribution is -2.56. The van der Waals surface area contributed by atoms with Crippen molar-refractivity contribution in [2.45, 2.75) is 44.7 Å². The van der Waals surface area contributed by atoms with Crippen molar-refractivity contribution in [1.82, 2.24) is 9.97 Å². The van der Waals surface area contributed by atoms with Crippen LogP contribution in [0.25, 0.3) is 0 Å². The number of nitrogens with zero attached hydrogens (tertiary/aromatic N) is 4. The van der Waals surface area contributed by atoms with Gasteiger partial charge in [0.1, 0.15) is 10.7 Å². The topological polar surface area (TPSA) is 86.6 Å². The Labute approximate surface area is 177 Å². The van der Waals surface area contributed by atoms with Gasteiger partial charge < -0.3 is 14.9 Å². The Morgan fingerprint density at radius 2 is 1.93 bits per heavy atom. The molecule has 1 aromatic heterocycles. The standard InChI is InChI=1S/C21H29FN4O3S/c1-13(2)19-12-25(16-6-7-18(22)20(10-16)30(5,28)29)8-9-26(19)21-23-11-17(15(4)27)14(3)24-21/h6-7,10-11,13,15,19,27H,8-9,12H2,1-5H3/t15?,19-/m0/s1. The number of sulfone groups is 1. The van der Waals surface area contributed by atoms with Crippen molar-refractivity contribution < 1.29 is 17.9 Å². The number of piperazine rings is 1. The molecule has 7 nitrogen and oxygen atoms in total. The summed E-state index contributed by atoms with van der Waals surface area (Å²) in [6.07, 6.45) is 2.06. The number of aliphatic hydroxyl groups excluding tert-OH is 1. The van der Waals surface area contributed by atoms with Gasteiger partial charge in [-0.05, 0) is 38.0 Å². The van der Waals surface area contributed by atoms with Crippen LogP contribution in [0.5, 0.6) is 0 Å². The van der Waals surface area contributed by atoms with Crippen LogP contribution in [-0.4, -0.2) is 55.4 Å². The van der Waals surface area contributed by atoms with E-state index in [-0.39, 0.29) is 16.9 Å². The van der Waals surface area contributed by atoms with Crippen LogP contribution in [0.4, 0.5) is 16.0 Å². The van der Waals surface area contributed by atoms with E-state index in [4.69, 9.17) is 0 Å². The summed E-state index contributed by atoms with van der Waals surface area (Å²) in [4.78, 5) is 13.0. The van der Waals surface area contributed by atoms with E-state index >= 15 is 0 Å². The summed E-state index contributed by atoms with van der Waals surface area (Å²) in [5.41, 5.74) is 2.14. The summed E-state index contributed by atoms with van der Waals surface area (Å²) in [6, 6.07) is 4.33. The second-order valence-corrected chi connectivity index (χ2v) is 10.2. The minimum absolute atomic E-state index is 0.0855. The highest BCUT2D eigenvalue weighted by molar-refractivity contribution is 7.90. The monoisotopic (exact) mass is 436 g/mol. The van der Waals surface area contributed by atoms with Gasteiger partial charge in [-0.1, -0.05) is 13.8 Å². The Morgan fingerprint density at radius 1 is 1.23 bits per heavy atom. The molecule has 1 fully saturated rings. The van der Waals surface area contributed by atoms with Gasteiger partial charge in [0.05, 0.1) is 12.1 Å². The molecule has 2 heterocycles. The van der Waals surface area contributed by atoms with Crippen LogP contribution in [0.1, 0.15) is 38.1 Å². The number of rotatable bonds is 5. The van der Waals surface area contributed by atoms with Crippen molar-refractivity contribution in [3.05, 3.63) is 41.5 Å². The molecule has 1 saturated heterocycles. The zero-order chi connectivity index (χ0) is 22.2. The largest absolute Gasteiger partial charge is 0.389 e. The molecule has 30 heavy (non-hydrogen) atoms. The van der Waals surface area contributed by atoms with Crippen LogP contribution in [0, 0.1) is 18.7 Å². The summed E-state index contributed by atoms with van der Waals surface area (Å²) in [6.45, 7) is 9.68. The van der Waals surface area contributed by atoms with E-state index in [1.807, 2.05) is 6.92 Å². The van der Waals surface area contributed by atoms with Crippen LogP contribution in [0.2, 0.25) is 0 Å². The maximum absolute atomic E-state index is 14.0. The number of halogens is 1. The zero-order valence-electron chi connectivity index (χ0n) is 18.0. The first-order valence-electron chi connectivity index (χ1n) is 10.0. The van der Waals surface area contributed by atoms with E-state index < -0.39 is 21.8 Å². The van der Waals surface area contributed by atoms with Gasteiger partial charge in [-0.3, -0.25) is 0 Å². The quantitative estimate of drug-likeness (QED) is 0.771. The zero-order valence-corrected chi connectivity index (χ0v) is 18.8. The highest BCUT2D eigenvalue weighted by Crippen LogP contribution is 2.29. The van der Waals surface area contributed by atoms with Gasteiger partial charge in [0.15, 0.2) is 9.84 Å². The molecule has 1 aliphatic heterocycles. The lowest BCUT2D eigenvalue weighted by atomic mass is 9.99. The van der Waals surface area contributed by atoms with Gasteiger partial charge in [0.25, 0.3) is 0 Å². The van der Waals surface area contributed by atoms with E-state index in [0.29, 0.717) is 36.8 Å². The SMILES string of the molecule is Cc1nc(N2CCN(c3ccc(F)c(S(C)(=O)=O)c3)C[C@H]2C(C)C)ncc1C(C)O. The Hall–Kier alpha value is -2.26. The molecule has 2 aromatic rings. The number of benzene rings is 1.